The first kappa shape index (κ1) is 17.6. The number of aliphatic hydroxyl groups excluding tert-OH is 1. The first-order valence-corrected chi connectivity index (χ1v) is 9.60. The predicted octanol–water partition coefficient (Wildman–Crippen LogP) is 2.25. The van der Waals surface area contributed by atoms with Crippen LogP contribution in [0.1, 0.15) is 22.8 Å². The molecule has 0 spiro atoms. The number of imidazole rings is 1. The Morgan fingerprint density at radius 2 is 1.90 bits per heavy atom. The number of benzene rings is 2. The van der Waals surface area contributed by atoms with E-state index in [2.05, 4.69) is 15.3 Å². The van der Waals surface area contributed by atoms with Crippen LogP contribution < -0.4 is 10.9 Å². The average Bonchev–Trinajstić information content (AvgIpc) is 3.28. The van der Waals surface area contributed by atoms with Gasteiger partial charge in [0.05, 0.1) is 18.5 Å². The molecule has 0 saturated heterocycles. The smallest absolute Gasteiger partial charge is 0.280 e. The summed E-state index contributed by atoms with van der Waals surface area (Å²) in [6.07, 6.45) is 1.68. The lowest BCUT2D eigenvalue weighted by Gasteiger charge is -2.19. The van der Waals surface area contributed by atoms with Gasteiger partial charge in [-0.1, -0.05) is 54.6 Å². The normalized spacial score (nSPS) is 18.1. The van der Waals surface area contributed by atoms with E-state index in [1.54, 1.807) is 13.4 Å². The van der Waals surface area contributed by atoms with Gasteiger partial charge in [-0.05, 0) is 23.1 Å². The molecule has 0 radical (unpaired) electrons. The van der Waals surface area contributed by atoms with Crippen molar-refractivity contribution in [2.45, 2.75) is 25.1 Å². The van der Waals surface area contributed by atoms with Crippen LogP contribution in [0.25, 0.3) is 11.2 Å². The summed E-state index contributed by atoms with van der Waals surface area (Å²) in [5.41, 5.74) is 3.81. The molecule has 1 aliphatic carbocycles. The molecule has 2 aromatic heterocycles. The number of nitrogens with zero attached hydrogens (tertiary/aromatic N) is 4. The Bertz CT molecular complexity index is 1250. The number of hydrogen-bond acceptors (Lipinski definition) is 5. The molecule has 2 atom stereocenters. The van der Waals surface area contributed by atoms with Gasteiger partial charge in [0.1, 0.15) is 0 Å². The number of aliphatic hydroxyl groups is 1. The number of nitrogens with one attached hydrogen (secondary N) is 1. The molecule has 2 aromatic carbocycles. The molecule has 0 fully saturated rings. The van der Waals surface area contributed by atoms with Gasteiger partial charge >= 0.3 is 0 Å². The largest absolute Gasteiger partial charge is 0.386 e. The van der Waals surface area contributed by atoms with E-state index in [0.717, 1.165) is 16.7 Å². The molecule has 2 unspecified atom stereocenters. The molecular formula is C22H21N5O2. The van der Waals surface area contributed by atoms with Crippen molar-refractivity contribution in [3.05, 3.63) is 88.0 Å². The molecule has 146 valence electrons. The van der Waals surface area contributed by atoms with Crippen LogP contribution in [0.5, 0.6) is 0 Å². The van der Waals surface area contributed by atoms with Crippen LogP contribution in [0, 0.1) is 0 Å². The van der Waals surface area contributed by atoms with Gasteiger partial charge in [0.15, 0.2) is 11.2 Å². The zero-order chi connectivity index (χ0) is 20.0. The van der Waals surface area contributed by atoms with Gasteiger partial charge < -0.3 is 15.0 Å². The minimum Gasteiger partial charge on any atom is -0.386 e. The van der Waals surface area contributed by atoms with Gasteiger partial charge in [-0.25, -0.2) is 4.98 Å². The lowest BCUT2D eigenvalue weighted by Crippen LogP contribution is -2.30. The maximum Gasteiger partial charge on any atom is 0.280 e. The minimum atomic E-state index is -0.644. The molecule has 0 aliphatic heterocycles. The SMILES string of the molecule is Cn1c(NC2Cc3ccccc3C2O)nc2ncn(Cc3ccccc3)c2c1=O. The zero-order valence-corrected chi connectivity index (χ0v) is 16.0. The molecule has 29 heavy (non-hydrogen) atoms. The van der Waals surface area contributed by atoms with Crippen LogP contribution in [0.3, 0.4) is 0 Å². The molecule has 2 heterocycles. The van der Waals surface area contributed by atoms with Crippen molar-refractivity contribution in [1.29, 1.82) is 0 Å². The molecule has 4 aromatic rings. The van der Waals surface area contributed by atoms with E-state index in [1.807, 2.05) is 59.2 Å². The molecule has 0 bridgehead atoms. The van der Waals surface area contributed by atoms with E-state index in [-0.39, 0.29) is 11.6 Å². The molecule has 7 heteroatoms. The van der Waals surface area contributed by atoms with Crippen molar-refractivity contribution in [2.24, 2.45) is 7.05 Å². The van der Waals surface area contributed by atoms with Gasteiger partial charge in [-0.15, -0.1) is 0 Å². The average molecular weight is 387 g/mol. The number of fused-ring (bicyclic) bond motifs is 2. The maximum absolute atomic E-state index is 13.1. The molecule has 0 amide bonds. The fraction of sp³-hybridized carbons (Fsp3) is 0.227. The lowest BCUT2D eigenvalue weighted by atomic mass is 10.1. The minimum absolute atomic E-state index is 0.170. The van der Waals surface area contributed by atoms with Crippen LogP contribution in [0.15, 0.2) is 65.7 Å². The van der Waals surface area contributed by atoms with Gasteiger partial charge in [0.25, 0.3) is 5.56 Å². The van der Waals surface area contributed by atoms with Crippen molar-refractivity contribution in [1.82, 2.24) is 19.1 Å². The number of anilines is 1. The molecule has 0 saturated carbocycles. The van der Waals surface area contributed by atoms with Gasteiger partial charge in [0, 0.05) is 13.6 Å². The quantitative estimate of drug-likeness (QED) is 0.561. The van der Waals surface area contributed by atoms with Crippen molar-refractivity contribution in [2.75, 3.05) is 5.32 Å². The zero-order valence-electron chi connectivity index (χ0n) is 16.0. The third-order valence-corrected chi connectivity index (χ3v) is 5.56. The van der Waals surface area contributed by atoms with Gasteiger partial charge in [0.2, 0.25) is 5.95 Å². The summed E-state index contributed by atoms with van der Waals surface area (Å²) in [6, 6.07) is 17.5. The number of aromatic nitrogens is 4. The molecule has 7 nitrogen and oxygen atoms in total. The highest BCUT2D eigenvalue weighted by molar-refractivity contribution is 5.71. The topological polar surface area (TPSA) is 85.0 Å². The van der Waals surface area contributed by atoms with Crippen LogP contribution in [0.4, 0.5) is 5.95 Å². The second-order valence-corrected chi connectivity index (χ2v) is 7.43. The first-order chi connectivity index (χ1) is 14.1. The van der Waals surface area contributed by atoms with E-state index in [1.165, 1.54) is 4.57 Å². The van der Waals surface area contributed by atoms with Crippen LogP contribution in [0.2, 0.25) is 0 Å². The number of hydrogen-bond donors (Lipinski definition) is 2. The highest BCUT2D eigenvalue weighted by Gasteiger charge is 2.31. The maximum atomic E-state index is 13.1. The van der Waals surface area contributed by atoms with Crippen molar-refractivity contribution < 1.29 is 5.11 Å². The second kappa shape index (κ2) is 6.86. The highest BCUT2D eigenvalue weighted by Crippen LogP contribution is 2.32. The van der Waals surface area contributed by atoms with E-state index in [9.17, 15) is 9.90 Å². The summed E-state index contributed by atoms with van der Waals surface area (Å²) in [4.78, 5) is 22.0. The van der Waals surface area contributed by atoms with E-state index < -0.39 is 6.10 Å². The van der Waals surface area contributed by atoms with Crippen LogP contribution in [-0.2, 0) is 20.0 Å². The van der Waals surface area contributed by atoms with Crippen LogP contribution >= 0.6 is 0 Å². The molecule has 1 aliphatic rings. The fourth-order valence-corrected chi connectivity index (χ4v) is 4.00. The summed E-state index contributed by atoms with van der Waals surface area (Å²) in [6.45, 7) is 0.553. The Kier molecular flexibility index (Phi) is 4.17. The van der Waals surface area contributed by atoms with E-state index in [0.29, 0.717) is 30.1 Å². The Morgan fingerprint density at radius 1 is 1.14 bits per heavy atom. The number of rotatable bonds is 4. The van der Waals surface area contributed by atoms with Gasteiger partial charge in [-0.3, -0.25) is 9.36 Å². The predicted molar refractivity (Wildman–Crippen MR) is 111 cm³/mol. The summed E-state index contributed by atoms with van der Waals surface area (Å²) < 4.78 is 3.31. The van der Waals surface area contributed by atoms with Gasteiger partial charge in [-0.2, -0.15) is 4.98 Å². The Labute approximate surface area is 167 Å². The van der Waals surface area contributed by atoms with Crippen molar-refractivity contribution in [3.63, 3.8) is 0 Å². The van der Waals surface area contributed by atoms with Crippen molar-refractivity contribution in [3.8, 4) is 0 Å². The van der Waals surface area contributed by atoms with E-state index in [4.69, 9.17) is 0 Å². The summed E-state index contributed by atoms with van der Waals surface area (Å²) >= 11 is 0. The monoisotopic (exact) mass is 387 g/mol. The molecule has 2 N–H and O–H groups in total. The fourth-order valence-electron chi connectivity index (χ4n) is 4.00. The summed E-state index contributed by atoms with van der Waals surface area (Å²) in [5.74, 6) is 0.407. The second-order valence-electron chi connectivity index (χ2n) is 7.43. The first-order valence-electron chi connectivity index (χ1n) is 9.60. The lowest BCUT2D eigenvalue weighted by molar-refractivity contribution is 0.166. The Morgan fingerprint density at radius 3 is 2.69 bits per heavy atom. The summed E-state index contributed by atoms with van der Waals surface area (Å²) in [7, 11) is 1.69. The third kappa shape index (κ3) is 3.00. The Hall–Kier alpha value is -3.45. The van der Waals surface area contributed by atoms with E-state index >= 15 is 0 Å². The highest BCUT2D eigenvalue weighted by atomic mass is 16.3. The van der Waals surface area contributed by atoms with Crippen LogP contribution in [-0.4, -0.2) is 30.3 Å². The third-order valence-electron chi connectivity index (χ3n) is 5.56. The standard InChI is InChI=1S/C22H21N5O2/c1-26-21(29)18-20(23-13-27(18)12-14-7-3-2-4-8-14)25-22(26)24-17-11-15-9-5-6-10-16(15)19(17)28/h2-10,13,17,19,28H,11-12H2,1H3,(H,24,25). The molecular weight excluding hydrogens is 366 g/mol. The Balaban J connectivity index is 1.48. The summed E-state index contributed by atoms with van der Waals surface area (Å²) in [5, 5.41) is 13.9. The van der Waals surface area contributed by atoms with Crippen molar-refractivity contribution >= 4 is 17.1 Å². The molecule has 5 rings (SSSR count).